The number of ether oxygens (including phenoxy) is 2. The zero-order valence-corrected chi connectivity index (χ0v) is 79.5. The van der Waals surface area contributed by atoms with Crippen LogP contribution in [0.3, 0.4) is 0 Å². The molecular weight excluding hydrogens is 1790 g/mol. The smallest absolute Gasteiger partial charge is 0.273 e. The zero-order chi connectivity index (χ0) is 93.1. The van der Waals surface area contributed by atoms with Gasteiger partial charge in [0, 0.05) is 190 Å². The predicted octanol–water partition coefficient (Wildman–Crippen LogP) is 19.4. The maximum atomic E-state index is 15.9. The second-order valence-electron chi connectivity index (χ2n) is 37.6. The third-order valence-corrected chi connectivity index (χ3v) is 30.6. The molecule has 2 saturated carbocycles. The van der Waals surface area contributed by atoms with Gasteiger partial charge < -0.3 is 29.2 Å². The zero-order valence-electron chi connectivity index (χ0n) is 74.7. The number of nitrogens with one attached hydrogen (secondary N) is 4. The van der Waals surface area contributed by atoms with Gasteiger partial charge in [0.15, 0.2) is 0 Å². The number of fused-ring (bicyclic) bond motifs is 2. The Morgan fingerprint density at radius 2 is 0.947 bits per heavy atom. The molecule has 2 saturated heterocycles. The molecule has 35 heteroatoms. The molecular formula is C96H111Cl2FN14O14S4. The first-order valence-electron chi connectivity index (χ1n) is 44.2. The van der Waals surface area contributed by atoms with E-state index in [0.29, 0.717) is 72.2 Å². The lowest BCUT2D eigenvalue weighted by molar-refractivity contribution is -0.385. The highest BCUT2D eigenvalue weighted by atomic mass is 35.5. The van der Waals surface area contributed by atoms with Gasteiger partial charge in [0.2, 0.25) is 0 Å². The molecule has 2 aliphatic heterocycles. The molecule has 0 atom stereocenters. The minimum absolute atomic E-state index is 0.00701. The van der Waals surface area contributed by atoms with Gasteiger partial charge >= 0.3 is 0 Å². The number of aromatic amines is 2. The Morgan fingerprint density at radius 1 is 0.534 bits per heavy atom. The van der Waals surface area contributed by atoms with Crippen molar-refractivity contribution in [1.82, 2.24) is 39.2 Å². The van der Waals surface area contributed by atoms with Crippen molar-refractivity contribution >= 4 is 130 Å². The summed E-state index contributed by atoms with van der Waals surface area (Å²) in [5.74, 6) is -0.797. The van der Waals surface area contributed by atoms with Crippen LogP contribution in [-0.4, -0.2) is 185 Å². The van der Waals surface area contributed by atoms with Gasteiger partial charge in [-0.05, 0) is 227 Å². The summed E-state index contributed by atoms with van der Waals surface area (Å²) in [5.41, 5.74) is 9.47. The molecule has 6 aliphatic rings. The van der Waals surface area contributed by atoms with Crippen LogP contribution in [0, 0.1) is 37.0 Å². The van der Waals surface area contributed by atoms with E-state index in [1.807, 2.05) is 36.4 Å². The summed E-state index contributed by atoms with van der Waals surface area (Å²) in [6.07, 6.45) is 22.9. The minimum atomic E-state index is -4.65. The highest BCUT2D eigenvalue weighted by Gasteiger charge is 2.39. The van der Waals surface area contributed by atoms with Crippen molar-refractivity contribution in [2.75, 3.05) is 100 Å². The number of alkyl halides is 1. The molecule has 6 heterocycles. The molecule has 6 aromatic carbocycles. The van der Waals surface area contributed by atoms with E-state index in [9.17, 15) is 55.1 Å². The highest BCUT2D eigenvalue weighted by Crippen LogP contribution is 2.47. The minimum Gasteiger partial charge on any atom is -0.455 e. The van der Waals surface area contributed by atoms with Crippen LogP contribution in [0.2, 0.25) is 10.0 Å². The first-order valence-corrected chi connectivity index (χ1v) is 52.6. The molecule has 28 nitrogen and oxygen atoms in total. The summed E-state index contributed by atoms with van der Waals surface area (Å²) >= 11 is 12.5. The summed E-state index contributed by atoms with van der Waals surface area (Å²) < 4.78 is 121. The molecule has 2 amide bonds. The second kappa shape index (κ2) is 39.3. The molecule has 0 spiro atoms. The fourth-order valence-corrected chi connectivity index (χ4v) is 22.6. The van der Waals surface area contributed by atoms with E-state index in [4.69, 9.17) is 32.7 Å². The lowest BCUT2D eigenvalue weighted by atomic mass is 9.72. The number of allylic oxidation sites excluding steroid dienone is 2. The Labute approximate surface area is 774 Å². The van der Waals surface area contributed by atoms with Crippen molar-refractivity contribution in [2.45, 2.75) is 158 Å². The van der Waals surface area contributed by atoms with Crippen molar-refractivity contribution in [1.29, 1.82) is 0 Å². The van der Waals surface area contributed by atoms with E-state index in [1.165, 1.54) is 76.1 Å². The third kappa shape index (κ3) is 24.2. The average Bonchev–Trinajstić information content (AvgIpc) is 1.71. The van der Waals surface area contributed by atoms with E-state index in [1.54, 1.807) is 79.9 Å². The quantitative estimate of drug-likeness (QED) is 0.0261. The van der Waals surface area contributed by atoms with Crippen molar-refractivity contribution < 1.29 is 58.6 Å². The molecule has 4 N–H and O–H groups in total. The summed E-state index contributed by atoms with van der Waals surface area (Å²) in [6.45, 7) is 17.1. The molecule has 131 heavy (non-hydrogen) atoms. The third-order valence-electron chi connectivity index (χ3n) is 25.8. The van der Waals surface area contributed by atoms with Gasteiger partial charge in [-0.25, -0.2) is 49.4 Å². The van der Waals surface area contributed by atoms with Crippen LogP contribution in [-0.2, 0) is 52.3 Å². The van der Waals surface area contributed by atoms with E-state index < -0.39 is 82.3 Å². The Bertz CT molecular complexity index is 6580. The maximum absolute atomic E-state index is 15.9. The normalized spacial score (nSPS) is 19.9. The van der Waals surface area contributed by atoms with Gasteiger partial charge in [-0.3, -0.25) is 48.0 Å². The number of pyridine rings is 2. The number of nitrogens with zero attached hydrogens (tertiary/aromatic N) is 10. The summed E-state index contributed by atoms with van der Waals surface area (Å²) in [4.78, 5) is 74.5. The standard InChI is InChI=1S/C49H57ClFN7O7S2.C47H54ClN7O7S2/c1-48(2)18-13-36(43(30-48)33-5-8-37(50)9-6-33)32-56-23-25-57(26-24-56)39-10-12-42(45(28-39)65-40-27-35-17-22-52-46(35)53-31-40)47(59)55-67(63,64)41-11-7-34(44(29-41)58(60)61)14-19-49(51)20-15-38(16-21-49)54-66(3,4)62;1-47(2)17-15-35(42(28-47)32-7-10-36(48)11-8-32)30-53-19-21-54(22-20-53)38-12-14-41(44(26-38)62-39-25-34-16-18-49-45(34)50-29-39)46(56)52-64(60,61)40-13-9-33(43(27-40)55(57)58)6-5-31-23-37(24-31)51-63(3,4)59/h5-12,17,22,27-29,31,38H,13-16,18-21,23-26,30,32H2,1-4H3,(H,52,53)(H,55,59);7-14,16,18,25-27,29,31,37H,5-6,15,17,19-24,28,30H2,1-4H3,(H,49,50)(H,52,56). The van der Waals surface area contributed by atoms with Gasteiger partial charge in [-0.1, -0.05) is 98.4 Å². The molecule has 4 fully saturated rings. The Kier molecular flexibility index (Phi) is 28.5. The second-order valence-corrected chi connectivity index (χ2v) is 47.0. The number of carbonyl (C=O) groups excluding carboxylic acids is 2. The molecule has 0 radical (unpaired) electrons. The van der Waals surface area contributed by atoms with E-state index >= 15 is 4.39 Å². The van der Waals surface area contributed by atoms with E-state index in [-0.39, 0.29) is 88.4 Å². The highest BCUT2D eigenvalue weighted by molar-refractivity contribution is 7.92. The number of aryl methyl sites for hydroxylation is 2. The number of aromatic nitrogens is 4. The maximum Gasteiger partial charge on any atom is 0.273 e. The van der Waals surface area contributed by atoms with Crippen LogP contribution in [0.15, 0.2) is 200 Å². The number of benzene rings is 6. The number of halogens is 3. The van der Waals surface area contributed by atoms with E-state index in [2.05, 4.69) is 110 Å². The number of hydrogen-bond acceptors (Lipinski definition) is 22. The number of carbonyl (C=O) groups is 2. The number of anilines is 2. The molecule has 0 bridgehead atoms. The fraction of sp³-hybridized carbons (Fsp3) is 0.417. The fourth-order valence-electron chi connectivity index (χ4n) is 18.6. The Balaban J connectivity index is 0.000000201. The Morgan fingerprint density at radius 3 is 1.36 bits per heavy atom. The first kappa shape index (κ1) is 95.0. The number of rotatable bonds is 28. The molecule has 0 unspecified atom stereocenters. The number of amides is 2. The van der Waals surface area contributed by atoms with Gasteiger partial charge in [0.1, 0.15) is 40.0 Å². The van der Waals surface area contributed by atoms with Crippen LogP contribution in [0.1, 0.15) is 161 Å². The SMILES string of the molecule is CC1(C)CCC(CN2CCN(c3ccc(C(=O)NS(=O)(=O)c4ccc(CCC5(F)CCC(N=S(C)(C)=O)CC5)c([N+](=O)[O-])c4)c(Oc4cnc5[nH]ccc5c4)c3)CC2)=C(c2ccc(Cl)cc2)C1.CC1(C)CCC(CN2CCN(c3ccc(C(=O)NS(=O)(=O)c4ccc(CCC5CC(N=S(C)(C)=O)C5)c([N+](=O)[O-])c4)c(Oc4cnc5[nH]ccc5c4)c3)CC2)=C(c2ccc(Cl)cc2)C1. The van der Waals surface area contributed by atoms with Crippen LogP contribution in [0.4, 0.5) is 27.1 Å². The summed E-state index contributed by atoms with van der Waals surface area (Å²) in [6, 6.07) is 40.4. The van der Waals surface area contributed by atoms with Crippen LogP contribution in [0.5, 0.6) is 23.0 Å². The monoisotopic (exact) mass is 1900 g/mol. The Hall–Kier alpha value is -10.7. The van der Waals surface area contributed by atoms with Gasteiger partial charge in [-0.2, -0.15) is 0 Å². The van der Waals surface area contributed by atoms with E-state index in [0.717, 1.165) is 143 Å². The number of H-pyrrole nitrogens is 2. The number of nitro benzene ring substituents is 2. The van der Waals surface area contributed by atoms with Crippen molar-refractivity contribution in [3.05, 3.63) is 245 Å². The molecule has 4 aliphatic carbocycles. The number of nitro groups is 2. The van der Waals surface area contributed by atoms with Crippen LogP contribution >= 0.6 is 23.2 Å². The van der Waals surface area contributed by atoms with Crippen molar-refractivity contribution in [3.63, 3.8) is 0 Å². The van der Waals surface area contributed by atoms with Crippen LogP contribution in [0.25, 0.3) is 33.2 Å². The number of piperazine rings is 2. The summed E-state index contributed by atoms with van der Waals surface area (Å²) in [7, 11) is -13.7. The topological polar surface area (TPSA) is 360 Å². The van der Waals surface area contributed by atoms with Gasteiger partial charge in [0.25, 0.3) is 43.2 Å². The molecule has 16 rings (SSSR count). The first-order chi connectivity index (χ1) is 62.1. The lowest BCUT2D eigenvalue weighted by Gasteiger charge is -2.39. The predicted molar refractivity (Wildman–Crippen MR) is 514 cm³/mol. The number of sulfonamides is 2. The average molecular weight is 1900 g/mol. The largest absolute Gasteiger partial charge is 0.455 e. The van der Waals surface area contributed by atoms with Gasteiger partial charge in [0.05, 0.1) is 55.2 Å². The molecule has 10 aromatic rings. The van der Waals surface area contributed by atoms with Crippen molar-refractivity contribution in [2.24, 2.45) is 25.5 Å². The van der Waals surface area contributed by atoms with Crippen molar-refractivity contribution in [3.8, 4) is 23.0 Å². The summed E-state index contributed by atoms with van der Waals surface area (Å²) in [5, 5.41) is 27.4. The molecule has 694 valence electrons. The van der Waals surface area contributed by atoms with Gasteiger partial charge in [-0.15, -0.1) is 0 Å². The van der Waals surface area contributed by atoms with Crippen LogP contribution < -0.4 is 28.7 Å². The molecule has 4 aromatic heterocycles. The number of hydrogen-bond donors (Lipinski definition) is 4. The lowest BCUT2D eigenvalue weighted by Crippen LogP contribution is -2.47.